The van der Waals surface area contributed by atoms with Crippen LogP contribution in [-0.2, 0) is 11.5 Å². The van der Waals surface area contributed by atoms with Gasteiger partial charge in [0.15, 0.2) is 0 Å². The van der Waals surface area contributed by atoms with Crippen molar-refractivity contribution in [3.63, 3.8) is 0 Å². The molecular formula is C24H34N6O5Si. The van der Waals surface area contributed by atoms with Gasteiger partial charge in [-0.3, -0.25) is 4.79 Å². The fourth-order valence-electron chi connectivity index (χ4n) is 4.20. The van der Waals surface area contributed by atoms with Crippen LogP contribution in [0.3, 0.4) is 0 Å². The highest BCUT2D eigenvalue weighted by Crippen LogP contribution is 2.35. The zero-order chi connectivity index (χ0) is 25.9. The number of fused-ring (bicyclic) bond motifs is 1. The van der Waals surface area contributed by atoms with Crippen LogP contribution >= 0.6 is 0 Å². The van der Waals surface area contributed by atoms with Gasteiger partial charge >= 0.3 is 6.09 Å². The van der Waals surface area contributed by atoms with Gasteiger partial charge in [0.25, 0.3) is 5.91 Å². The normalized spacial score (nSPS) is 16.3. The minimum Gasteiger partial charge on any atom is -0.465 e. The number of ether oxygens (including phenoxy) is 1. The van der Waals surface area contributed by atoms with Crippen molar-refractivity contribution in [3.8, 4) is 11.5 Å². The van der Waals surface area contributed by atoms with Crippen LogP contribution < -0.4 is 10.6 Å². The summed E-state index contributed by atoms with van der Waals surface area (Å²) in [6.07, 6.45) is 5.64. The second-order valence-electron chi connectivity index (χ2n) is 10.2. The van der Waals surface area contributed by atoms with E-state index in [0.717, 1.165) is 35.6 Å². The molecule has 2 amide bonds. The summed E-state index contributed by atoms with van der Waals surface area (Å²) >= 11 is 0. The average molecular weight is 515 g/mol. The van der Waals surface area contributed by atoms with Gasteiger partial charge in [-0.2, -0.15) is 0 Å². The molecule has 0 bridgehead atoms. The van der Waals surface area contributed by atoms with Crippen molar-refractivity contribution in [1.29, 1.82) is 0 Å². The molecule has 1 fully saturated rings. The molecule has 0 aliphatic carbocycles. The summed E-state index contributed by atoms with van der Waals surface area (Å²) in [5, 5.41) is 16.4. The van der Waals surface area contributed by atoms with Crippen molar-refractivity contribution in [2.75, 3.05) is 32.1 Å². The maximum absolute atomic E-state index is 12.0. The topological polar surface area (TPSA) is 135 Å². The number of likely N-dealkylation sites (tertiary alicyclic amines) is 1. The number of piperidine rings is 1. The van der Waals surface area contributed by atoms with Gasteiger partial charge < -0.3 is 34.4 Å². The lowest BCUT2D eigenvalue weighted by molar-refractivity contribution is 0.0898. The lowest BCUT2D eigenvalue weighted by Gasteiger charge is -2.32. The number of nitrogens with zero attached hydrogens (tertiary/aromatic N) is 4. The average Bonchev–Trinajstić information content (AvgIpc) is 3.49. The van der Waals surface area contributed by atoms with Crippen molar-refractivity contribution in [3.05, 3.63) is 30.4 Å². The molecule has 4 heterocycles. The third kappa shape index (κ3) is 5.87. The number of hydrogen-bond acceptors (Lipinski definition) is 7. The molecule has 0 spiro atoms. The maximum Gasteiger partial charge on any atom is 0.407 e. The SMILES string of the molecule is CNC(=O)c1cnc(-c2cnc3c(ccn3COCC[Si](C)(C)C)c2NC2CCCN(C(=O)O)C2)o1. The Hall–Kier alpha value is -3.38. The monoisotopic (exact) mass is 514 g/mol. The van der Waals surface area contributed by atoms with E-state index < -0.39 is 14.2 Å². The molecule has 0 aromatic carbocycles. The highest BCUT2D eigenvalue weighted by molar-refractivity contribution is 6.76. The highest BCUT2D eigenvalue weighted by Gasteiger charge is 2.26. The molecule has 1 unspecified atom stereocenters. The first-order chi connectivity index (χ1) is 17.2. The van der Waals surface area contributed by atoms with Gasteiger partial charge in [0, 0.05) is 58.6 Å². The van der Waals surface area contributed by atoms with Crippen molar-refractivity contribution < 1.29 is 23.8 Å². The van der Waals surface area contributed by atoms with Gasteiger partial charge in [0.05, 0.1) is 17.4 Å². The lowest BCUT2D eigenvalue weighted by Crippen LogP contribution is -2.44. The standard InChI is InChI=1S/C24H34N6O5Si/c1-25-22(31)19-13-27-23(35-19)18-12-26-21-17(7-9-30(21)15-34-10-11-36(2,3)4)20(18)28-16-6-5-8-29(14-16)24(32)33/h7,9,12-13,16H,5-6,8,10-11,14-15H2,1-4H3,(H,25,31)(H,26,28)(H,32,33). The predicted molar refractivity (Wildman–Crippen MR) is 139 cm³/mol. The van der Waals surface area contributed by atoms with Crippen molar-refractivity contribution >= 4 is 36.8 Å². The summed E-state index contributed by atoms with van der Waals surface area (Å²) in [4.78, 5) is 34.0. The fraction of sp³-hybridized carbons (Fsp3) is 0.500. The minimum atomic E-state index is -1.19. The smallest absolute Gasteiger partial charge is 0.407 e. The molecule has 0 radical (unpaired) electrons. The van der Waals surface area contributed by atoms with E-state index >= 15 is 0 Å². The van der Waals surface area contributed by atoms with Crippen LogP contribution in [0.2, 0.25) is 25.7 Å². The van der Waals surface area contributed by atoms with Crippen molar-refractivity contribution in [2.24, 2.45) is 0 Å². The Labute approximate surface area is 210 Å². The van der Waals surface area contributed by atoms with Gasteiger partial charge in [0.1, 0.15) is 12.4 Å². The molecule has 1 aliphatic heterocycles. The van der Waals surface area contributed by atoms with E-state index in [1.165, 1.54) is 18.1 Å². The number of nitrogens with one attached hydrogen (secondary N) is 2. The molecule has 194 valence electrons. The molecule has 12 heteroatoms. The zero-order valence-electron chi connectivity index (χ0n) is 21.2. The van der Waals surface area contributed by atoms with E-state index in [0.29, 0.717) is 32.0 Å². The summed E-state index contributed by atoms with van der Waals surface area (Å²) in [6, 6.07) is 2.94. The number of oxazole rings is 1. The van der Waals surface area contributed by atoms with Crippen LogP contribution in [0.4, 0.5) is 10.5 Å². The molecule has 3 aromatic heterocycles. The lowest BCUT2D eigenvalue weighted by atomic mass is 10.0. The van der Waals surface area contributed by atoms with E-state index in [4.69, 9.17) is 9.15 Å². The largest absolute Gasteiger partial charge is 0.465 e. The van der Waals surface area contributed by atoms with Crippen molar-refractivity contribution in [2.45, 2.75) is 51.3 Å². The molecule has 0 saturated carbocycles. The number of carbonyl (C=O) groups excluding carboxylic acids is 1. The maximum atomic E-state index is 12.0. The molecule has 1 aliphatic rings. The molecule has 1 saturated heterocycles. The fourth-order valence-corrected chi connectivity index (χ4v) is 4.96. The third-order valence-electron chi connectivity index (χ3n) is 6.24. The number of carbonyl (C=O) groups is 2. The Morgan fingerprint density at radius 2 is 2.08 bits per heavy atom. The molecule has 3 aromatic rings. The Bertz CT molecular complexity index is 1230. The first-order valence-electron chi connectivity index (χ1n) is 12.1. The Morgan fingerprint density at radius 3 is 2.81 bits per heavy atom. The summed E-state index contributed by atoms with van der Waals surface area (Å²) in [5.41, 5.74) is 2.07. The molecule has 36 heavy (non-hydrogen) atoms. The number of amides is 2. The van der Waals surface area contributed by atoms with E-state index in [1.54, 1.807) is 6.20 Å². The number of hydrogen-bond donors (Lipinski definition) is 3. The first-order valence-corrected chi connectivity index (χ1v) is 15.9. The third-order valence-corrected chi connectivity index (χ3v) is 7.95. The van der Waals surface area contributed by atoms with Gasteiger partial charge in [-0.05, 0) is 25.0 Å². The number of carboxylic acid groups (broad SMARTS) is 1. The number of anilines is 1. The second-order valence-corrected chi connectivity index (χ2v) is 15.9. The van der Waals surface area contributed by atoms with Gasteiger partial charge in [-0.1, -0.05) is 19.6 Å². The molecular weight excluding hydrogens is 480 g/mol. The second kappa shape index (κ2) is 10.7. The van der Waals surface area contributed by atoms with Crippen LogP contribution in [0.15, 0.2) is 29.1 Å². The van der Waals surface area contributed by atoms with Crippen LogP contribution in [0, 0.1) is 0 Å². The van der Waals surface area contributed by atoms with Crippen LogP contribution in [-0.4, -0.2) is 77.4 Å². The Morgan fingerprint density at radius 1 is 1.28 bits per heavy atom. The predicted octanol–water partition coefficient (Wildman–Crippen LogP) is 3.92. The summed E-state index contributed by atoms with van der Waals surface area (Å²) < 4.78 is 13.6. The molecule has 1 atom stereocenters. The number of rotatable bonds is 9. The first kappa shape index (κ1) is 25.7. The van der Waals surface area contributed by atoms with Crippen molar-refractivity contribution in [1.82, 2.24) is 24.8 Å². The van der Waals surface area contributed by atoms with Gasteiger partial charge in [0.2, 0.25) is 11.7 Å². The van der Waals surface area contributed by atoms with Crippen LogP contribution in [0.1, 0.15) is 23.4 Å². The van der Waals surface area contributed by atoms with Crippen LogP contribution in [0.25, 0.3) is 22.5 Å². The van der Waals surface area contributed by atoms with Gasteiger partial charge in [-0.15, -0.1) is 0 Å². The highest BCUT2D eigenvalue weighted by atomic mass is 28.3. The minimum absolute atomic E-state index is 0.0936. The van der Waals surface area contributed by atoms with Gasteiger partial charge in [-0.25, -0.2) is 14.8 Å². The Kier molecular flexibility index (Phi) is 7.64. The molecule has 11 nitrogen and oxygen atoms in total. The summed E-state index contributed by atoms with van der Waals surface area (Å²) in [5.74, 6) is -0.0135. The molecule has 3 N–H and O–H groups in total. The summed E-state index contributed by atoms with van der Waals surface area (Å²) in [6.45, 7) is 8.92. The van der Waals surface area contributed by atoms with E-state index in [-0.39, 0.29) is 23.6 Å². The molecule has 4 rings (SSSR count). The zero-order valence-corrected chi connectivity index (χ0v) is 22.2. The van der Waals surface area contributed by atoms with E-state index in [1.807, 2.05) is 16.8 Å². The van der Waals surface area contributed by atoms with Crippen LogP contribution in [0.5, 0.6) is 0 Å². The Balaban J connectivity index is 1.66. The number of pyridine rings is 1. The quantitative estimate of drug-likeness (QED) is 0.289. The van der Waals surface area contributed by atoms with E-state index in [2.05, 4.69) is 40.2 Å². The van der Waals surface area contributed by atoms with E-state index in [9.17, 15) is 14.7 Å². The summed E-state index contributed by atoms with van der Waals surface area (Å²) in [7, 11) is 0.338. The number of aromatic nitrogens is 3.